The highest BCUT2D eigenvalue weighted by Crippen LogP contribution is 2.35. The van der Waals surface area contributed by atoms with E-state index in [0.29, 0.717) is 24.6 Å². The second-order valence-electron chi connectivity index (χ2n) is 5.16. The zero-order valence-corrected chi connectivity index (χ0v) is 13.4. The SMILES string of the molecule is COCCN(C(=O)c1cc(Br)cnc1N)C(C)C1CC1. The summed E-state index contributed by atoms with van der Waals surface area (Å²) in [4.78, 5) is 18.6. The monoisotopic (exact) mass is 341 g/mol. The molecule has 0 saturated heterocycles. The minimum atomic E-state index is -0.0762. The molecule has 5 nitrogen and oxygen atoms in total. The van der Waals surface area contributed by atoms with E-state index in [0.717, 1.165) is 4.47 Å². The Morgan fingerprint density at radius 2 is 2.35 bits per heavy atom. The van der Waals surface area contributed by atoms with Gasteiger partial charge in [-0.3, -0.25) is 4.79 Å². The van der Waals surface area contributed by atoms with Crippen molar-refractivity contribution in [2.45, 2.75) is 25.8 Å². The van der Waals surface area contributed by atoms with Gasteiger partial charge in [-0.25, -0.2) is 4.98 Å². The number of methoxy groups -OCH3 is 1. The predicted molar refractivity (Wildman–Crippen MR) is 81.4 cm³/mol. The van der Waals surface area contributed by atoms with Crippen LogP contribution in [0.1, 0.15) is 30.1 Å². The summed E-state index contributed by atoms with van der Waals surface area (Å²) in [5.74, 6) is 0.786. The molecule has 0 aliphatic heterocycles. The number of carbonyl (C=O) groups excluding carboxylic acids is 1. The summed E-state index contributed by atoms with van der Waals surface area (Å²) in [6.07, 6.45) is 3.96. The molecule has 0 radical (unpaired) electrons. The number of rotatable bonds is 6. The molecule has 110 valence electrons. The van der Waals surface area contributed by atoms with Crippen LogP contribution in [0.4, 0.5) is 5.82 Å². The number of carbonyl (C=O) groups is 1. The average Bonchev–Trinajstić information content (AvgIpc) is 3.26. The van der Waals surface area contributed by atoms with Crippen molar-refractivity contribution in [3.05, 3.63) is 22.3 Å². The van der Waals surface area contributed by atoms with Crippen LogP contribution in [0, 0.1) is 5.92 Å². The molecule has 1 unspecified atom stereocenters. The lowest BCUT2D eigenvalue weighted by Gasteiger charge is -2.29. The molecule has 6 heteroatoms. The summed E-state index contributed by atoms with van der Waals surface area (Å²) >= 11 is 3.33. The van der Waals surface area contributed by atoms with Gasteiger partial charge < -0.3 is 15.4 Å². The largest absolute Gasteiger partial charge is 0.383 e. The van der Waals surface area contributed by atoms with E-state index in [4.69, 9.17) is 10.5 Å². The third-order valence-electron chi connectivity index (χ3n) is 3.71. The Hall–Kier alpha value is -1.14. The number of ether oxygens (including phenoxy) is 1. The number of aromatic nitrogens is 1. The molecule has 0 spiro atoms. The van der Waals surface area contributed by atoms with Gasteiger partial charge in [-0.05, 0) is 47.7 Å². The fraction of sp³-hybridized carbons (Fsp3) is 0.571. The molecule has 2 rings (SSSR count). The van der Waals surface area contributed by atoms with Crippen molar-refractivity contribution in [2.24, 2.45) is 5.92 Å². The van der Waals surface area contributed by atoms with E-state index in [9.17, 15) is 4.79 Å². The molecule has 1 amide bonds. The summed E-state index contributed by atoms with van der Waals surface area (Å²) in [5.41, 5.74) is 6.29. The van der Waals surface area contributed by atoms with Crippen LogP contribution in [0.2, 0.25) is 0 Å². The van der Waals surface area contributed by atoms with Crippen molar-refractivity contribution in [3.63, 3.8) is 0 Å². The van der Waals surface area contributed by atoms with Crippen LogP contribution in [0.15, 0.2) is 16.7 Å². The Morgan fingerprint density at radius 3 is 2.95 bits per heavy atom. The van der Waals surface area contributed by atoms with Gasteiger partial charge in [0.15, 0.2) is 0 Å². The Labute approximate surface area is 127 Å². The molecule has 1 atom stereocenters. The van der Waals surface area contributed by atoms with Gasteiger partial charge in [-0.15, -0.1) is 0 Å². The molecule has 1 aliphatic carbocycles. The lowest BCUT2D eigenvalue weighted by Crippen LogP contribution is -2.42. The number of hydrogen-bond acceptors (Lipinski definition) is 4. The van der Waals surface area contributed by atoms with Crippen LogP contribution in [0.25, 0.3) is 0 Å². The molecule has 20 heavy (non-hydrogen) atoms. The van der Waals surface area contributed by atoms with Gasteiger partial charge in [-0.1, -0.05) is 0 Å². The standard InChI is InChI=1S/C14H20BrN3O2/c1-9(10-3-4-10)18(5-6-20-2)14(19)12-7-11(15)8-17-13(12)16/h7-10H,3-6H2,1-2H3,(H2,16,17). The lowest BCUT2D eigenvalue weighted by molar-refractivity contribution is 0.0595. The van der Waals surface area contributed by atoms with Crippen LogP contribution in [-0.4, -0.2) is 42.1 Å². The predicted octanol–water partition coefficient (Wildman–Crippen LogP) is 2.31. The normalized spacial score (nSPS) is 15.9. The van der Waals surface area contributed by atoms with Crippen LogP contribution in [0.3, 0.4) is 0 Å². The van der Waals surface area contributed by atoms with Gasteiger partial charge in [0.25, 0.3) is 5.91 Å². The Bertz CT molecular complexity index is 491. The highest BCUT2D eigenvalue weighted by molar-refractivity contribution is 9.10. The minimum Gasteiger partial charge on any atom is -0.383 e. The van der Waals surface area contributed by atoms with E-state index in [1.165, 1.54) is 12.8 Å². The van der Waals surface area contributed by atoms with E-state index in [1.807, 2.05) is 4.90 Å². The molecule has 0 aromatic carbocycles. The Balaban J connectivity index is 2.22. The molecule has 1 fully saturated rings. The molecule has 1 aromatic rings. The Kier molecular flexibility index (Phi) is 4.99. The fourth-order valence-electron chi connectivity index (χ4n) is 2.29. The van der Waals surface area contributed by atoms with Gasteiger partial charge >= 0.3 is 0 Å². The Morgan fingerprint density at radius 1 is 1.65 bits per heavy atom. The number of nitrogens with zero attached hydrogens (tertiary/aromatic N) is 2. The first kappa shape index (κ1) is 15.3. The molecule has 1 saturated carbocycles. The lowest BCUT2D eigenvalue weighted by atomic mass is 10.1. The molecular weight excluding hydrogens is 322 g/mol. The second kappa shape index (κ2) is 6.54. The van der Waals surface area contributed by atoms with E-state index in [1.54, 1.807) is 19.4 Å². The van der Waals surface area contributed by atoms with Crippen LogP contribution in [0.5, 0.6) is 0 Å². The fourth-order valence-corrected chi connectivity index (χ4v) is 2.62. The summed E-state index contributed by atoms with van der Waals surface area (Å²) in [6.45, 7) is 3.18. The van der Waals surface area contributed by atoms with Gasteiger partial charge in [0.1, 0.15) is 5.82 Å². The summed E-state index contributed by atoms with van der Waals surface area (Å²) in [5, 5.41) is 0. The summed E-state index contributed by atoms with van der Waals surface area (Å²) in [7, 11) is 1.64. The third-order valence-corrected chi connectivity index (χ3v) is 4.14. The first-order valence-electron chi connectivity index (χ1n) is 6.75. The third kappa shape index (κ3) is 3.49. The molecule has 0 bridgehead atoms. The van der Waals surface area contributed by atoms with Gasteiger partial charge in [-0.2, -0.15) is 0 Å². The van der Waals surface area contributed by atoms with Crippen molar-refractivity contribution in [1.82, 2.24) is 9.88 Å². The molecule has 1 aliphatic rings. The second-order valence-corrected chi connectivity index (χ2v) is 6.07. The molecule has 1 heterocycles. The van der Waals surface area contributed by atoms with E-state index >= 15 is 0 Å². The first-order chi connectivity index (χ1) is 9.54. The van der Waals surface area contributed by atoms with Crippen LogP contribution in [-0.2, 0) is 4.74 Å². The van der Waals surface area contributed by atoms with E-state index in [-0.39, 0.29) is 17.8 Å². The number of halogens is 1. The quantitative estimate of drug-likeness (QED) is 0.861. The number of anilines is 1. The highest BCUT2D eigenvalue weighted by atomic mass is 79.9. The van der Waals surface area contributed by atoms with Crippen molar-refractivity contribution in [3.8, 4) is 0 Å². The number of nitrogens with two attached hydrogens (primary N) is 1. The molecule has 2 N–H and O–H groups in total. The maximum absolute atomic E-state index is 12.7. The van der Waals surface area contributed by atoms with Crippen molar-refractivity contribution < 1.29 is 9.53 Å². The van der Waals surface area contributed by atoms with Crippen molar-refractivity contribution in [2.75, 3.05) is 26.0 Å². The maximum atomic E-state index is 12.7. The number of amides is 1. The number of hydrogen-bond donors (Lipinski definition) is 1. The summed E-state index contributed by atoms with van der Waals surface area (Å²) in [6, 6.07) is 1.93. The molecule has 1 aromatic heterocycles. The minimum absolute atomic E-state index is 0.0762. The smallest absolute Gasteiger partial charge is 0.257 e. The van der Waals surface area contributed by atoms with Crippen molar-refractivity contribution >= 4 is 27.7 Å². The number of nitrogen functional groups attached to an aromatic ring is 1. The summed E-state index contributed by atoms with van der Waals surface area (Å²) < 4.78 is 5.86. The van der Waals surface area contributed by atoms with Gasteiger partial charge in [0.2, 0.25) is 0 Å². The maximum Gasteiger partial charge on any atom is 0.257 e. The van der Waals surface area contributed by atoms with Crippen LogP contribution < -0.4 is 5.73 Å². The van der Waals surface area contributed by atoms with Gasteiger partial charge in [0, 0.05) is 30.4 Å². The topological polar surface area (TPSA) is 68.5 Å². The zero-order valence-electron chi connectivity index (χ0n) is 11.8. The first-order valence-corrected chi connectivity index (χ1v) is 7.54. The van der Waals surface area contributed by atoms with Gasteiger partial charge in [0.05, 0.1) is 12.2 Å². The van der Waals surface area contributed by atoms with E-state index < -0.39 is 0 Å². The number of pyridine rings is 1. The van der Waals surface area contributed by atoms with Crippen molar-refractivity contribution in [1.29, 1.82) is 0 Å². The molecular formula is C14H20BrN3O2. The van der Waals surface area contributed by atoms with E-state index in [2.05, 4.69) is 27.8 Å². The zero-order chi connectivity index (χ0) is 14.7. The van der Waals surface area contributed by atoms with Crippen LogP contribution >= 0.6 is 15.9 Å². The highest BCUT2D eigenvalue weighted by Gasteiger charge is 2.35. The average molecular weight is 342 g/mol.